The molecule has 0 aliphatic heterocycles. The van der Waals surface area contributed by atoms with Crippen molar-refractivity contribution in [1.82, 2.24) is 0 Å². The van der Waals surface area contributed by atoms with Crippen molar-refractivity contribution in [3.8, 4) is 5.75 Å². The van der Waals surface area contributed by atoms with E-state index in [0.29, 0.717) is 16.3 Å². The van der Waals surface area contributed by atoms with Crippen LogP contribution in [-0.4, -0.2) is 7.11 Å². The topological polar surface area (TPSA) is 9.23 Å². The van der Waals surface area contributed by atoms with Crippen LogP contribution in [0, 0.1) is 0 Å². The van der Waals surface area contributed by atoms with Crippen LogP contribution in [0.25, 0.3) is 0 Å². The van der Waals surface area contributed by atoms with Gasteiger partial charge in [-0.25, -0.2) is 0 Å². The smallest absolute Gasteiger partial charge is 0.416 e. The molecule has 0 spiro atoms. The van der Waals surface area contributed by atoms with Crippen molar-refractivity contribution in [2.45, 2.75) is 11.0 Å². The van der Waals surface area contributed by atoms with Gasteiger partial charge in [-0.05, 0) is 29.3 Å². The molecule has 2 rings (SSSR count). The average Bonchev–Trinajstić information content (AvgIpc) is 2.45. The van der Waals surface area contributed by atoms with Crippen molar-refractivity contribution in [2.75, 3.05) is 7.11 Å². The Morgan fingerprint density at radius 1 is 1.10 bits per heavy atom. The fourth-order valence-electron chi connectivity index (χ4n) is 1.91. The van der Waals surface area contributed by atoms with Gasteiger partial charge in [0.1, 0.15) is 5.75 Å². The molecule has 112 valence electrons. The van der Waals surface area contributed by atoms with Gasteiger partial charge in [0.25, 0.3) is 0 Å². The van der Waals surface area contributed by atoms with Crippen LogP contribution in [0.3, 0.4) is 0 Å². The summed E-state index contributed by atoms with van der Waals surface area (Å²) in [5, 5.41) is 0.409. The van der Waals surface area contributed by atoms with Gasteiger partial charge in [0.15, 0.2) is 0 Å². The van der Waals surface area contributed by atoms with E-state index in [2.05, 4.69) is 15.9 Å². The quantitative estimate of drug-likeness (QED) is 0.608. The van der Waals surface area contributed by atoms with Crippen molar-refractivity contribution >= 4 is 27.5 Å². The van der Waals surface area contributed by atoms with Gasteiger partial charge < -0.3 is 4.74 Å². The Morgan fingerprint density at radius 2 is 1.76 bits per heavy atom. The van der Waals surface area contributed by atoms with Crippen LogP contribution >= 0.6 is 27.5 Å². The molecule has 0 amide bonds. The van der Waals surface area contributed by atoms with E-state index in [0.717, 1.165) is 17.7 Å². The van der Waals surface area contributed by atoms with Crippen LogP contribution in [0.1, 0.15) is 21.5 Å². The molecule has 0 saturated carbocycles. The van der Waals surface area contributed by atoms with E-state index in [9.17, 15) is 13.2 Å². The standard InChI is InChI=1S/C15H11BrClF3O/c1-21-13-6-5-10(8-12(13)17)14(16)9-3-2-4-11(7-9)15(18,19)20/h2-8,14H,1H3. The number of methoxy groups -OCH3 is 1. The van der Waals surface area contributed by atoms with Crippen molar-refractivity contribution in [2.24, 2.45) is 0 Å². The Morgan fingerprint density at radius 3 is 2.33 bits per heavy atom. The van der Waals surface area contributed by atoms with Gasteiger partial charge in [0.2, 0.25) is 0 Å². The third kappa shape index (κ3) is 3.71. The first-order valence-electron chi connectivity index (χ1n) is 5.97. The normalized spacial score (nSPS) is 13.0. The molecule has 0 bridgehead atoms. The maximum absolute atomic E-state index is 12.7. The first kappa shape index (κ1) is 16.2. The molecule has 0 saturated heterocycles. The highest BCUT2D eigenvalue weighted by atomic mass is 79.9. The lowest BCUT2D eigenvalue weighted by molar-refractivity contribution is -0.137. The number of hydrogen-bond acceptors (Lipinski definition) is 1. The fraction of sp³-hybridized carbons (Fsp3) is 0.200. The lowest BCUT2D eigenvalue weighted by Gasteiger charge is -2.14. The molecule has 2 aromatic rings. The molecule has 1 nitrogen and oxygen atoms in total. The summed E-state index contributed by atoms with van der Waals surface area (Å²) in [4.78, 5) is -0.386. The molecule has 0 N–H and O–H groups in total. The number of ether oxygens (including phenoxy) is 1. The minimum atomic E-state index is -4.36. The molecule has 0 aromatic heterocycles. The Hall–Kier alpha value is -1.20. The summed E-state index contributed by atoms with van der Waals surface area (Å²) in [7, 11) is 1.50. The van der Waals surface area contributed by atoms with Gasteiger partial charge in [0, 0.05) is 0 Å². The van der Waals surface area contributed by atoms with Gasteiger partial charge in [-0.3, -0.25) is 0 Å². The number of rotatable bonds is 3. The van der Waals surface area contributed by atoms with Gasteiger partial charge >= 0.3 is 6.18 Å². The van der Waals surface area contributed by atoms with Gasteiger partial charge in [-0.2, -0.15) is 13.2 Å². The van der Waals surface area contributed by atoms with Crippen LogP contribution in [-0.2, 0) is 6.18 Å². The van der Waals surface area contributed by atoms with E-state index in [-0.39, 0.29) is 4.83 Å². The zero-order valence-electron chi connectivity index (χ0n) is 10.9. The van der Waals surface area contributed by atoms with Crippen molar-refractivity contribution in [3.63, 3.8) is 0 Å². The van der Waals surface area contributed by atoms with Crippen molar-refractivity contribution in [1.29, 1.82) is 0 Å². The lowest BCUT2D eigenvalue weighted by Crippen LogP contribution is -2.06. The van der Waals surface area contributed by atoms with E-state index >= 15 is 0 Å². The maximum atomic E-state index is 12.7. The third-order valence-electron chi connectivity index (χ3n) is 2.98. The largest absolute Gasteiger partial charge is 0.495 e. The number of halogens is 5. The molecule has 21 heavy (non-hydrogen) atoms. The van der Waals surface area contributed by atoms with Gasteiger partial charge in [-0.1, -0.05) is 51.8 Å². The highest BCUT2D eigenvalue weighted by Crippen LogP contribution is 2.37. The second-order valence-electron chi connectivity index (χ2n) is 4.38. The summed E-state index contributed by atoms with van der Waals surface area (Å²) in [5.74, 6) is 0.518. The van der Waals surface area contributed by atoms with Crippen LogP contribution in [0.5, 0.6) is 5.75 Å². The summed E-state index contributed by atoms with van der Waals surface area (Å²) >= 11 is 9.45. The van der Waals surface area contributed by atoms with Crippen LogP contribution in [0.2, 0.25) is 5.02 Å². The van der Waals surface area contributed by atoms with Crippen LogP contribution in [0.4, 0.5) is 13.2 Å². The highest BCUT2D eigenvalue weighted by Gasteiger charge is 2.30. The monoisotopic (exact) mass is 378 g/mol. The Balaban J connectivity index is 2.36. The van der Waals surface area contributed by atoms with Crippen LogP contribution in [0.15, 0.2) is 42.5 Å². The van der Waals surface area contributed by atoms with E-state index in [1.165, 1.54) is 13.2 Å². The SMILES string of the molecule is COc1ccc(C(Br)c2cccc(C(F)(F)F)c2)cc1Cl. The summed E-state index contributed by atoms with van der Waals surface area (Å²) in [6, 6.07) is 10.3. The first-order valence-corrected chi connectivity index (χ1v) is 7.27. The van der Waals surface area contributed by atoms with E-state index in [1.807, 2.05) is 0 Å². The Labute approximate surface area is 133 Å². The number of hydrogen-bond donors (Lipinski definition) is 0. The molecular weight excluding hydrogens is 369 g/mol. The highest BCUT2D eigenvalue weighted by molar-refractivity contribution is 9.09. The third-order valence-corrected chi connectivity index (χ3v) is 4.33. The predicted molar refractivity (Wildman–Crippen MR) is 80.2 cm³/mol. The maximum Gasteiger partial charge on any atom is 0.416 e. The zero-order valence-corrected chi connectivity index (χ0v) is 13.3. The van der Waals surface area contributed by atoms with Crippen molar-refractivity contribution < 1.29 is 17.9 Å². The van der Waals surface area contributed by atoms with E-state index < -0.39 is 11.7 Å². The van der Waals surface area contributed by atoms with E-state index in [1.54, 1.807) is 24.3 Å². The minimum Gasteiger partial charge on any atom is -0.495 e. The molecule has 6 heteroatoms. The molecule has 0 fully saturated rings. The number of alkyl halides is 4. The predicted octanol–water partition coefficient (Wildman–Crippen LogP) is 5.85. The summed E-state index contributed by atoms with van der Waals surface area (Å²) in [6.07, 6.45) is -4.36. The molecular formula is C15H11BrClF3O. The molecule has 1 unspecified atom stereocenters. The lowest BCUT2D eigenvalue weighted by atomic mass is 10.0. The Bertz CT molecular complexity index is 643. The molecule has 2 aromatic carbocycles. The summed E-state index contributed by atoms with van der Waals surface area (Å²) < 4.78 is 43.3. The second kappa shape index (κ2) is 6.28. The van der Waals surface area contributed by atoms with Gasteiger partial charge in [0.05, 0.1) is 22.5 Å². The van der Waals surface area contributed by atoms with Crippen LogP contribution < -0.4 is 4.74 Å². The average molecular weight is 380 g/mol. The second-order valence-corrected chi connectivity index (χ2v) is 5.70. The zero-order chi connectivity index (χ0) is 15.6. The first-order chi connectivity index (χ1) is 9.82. The molecule has 0 radical (unpaired) electrons. The molecule has 0 heterocycles. The molecule has 0 aliphatic carbocycles. The fourth-order valence-corrected chi connectivity index (χ4v) is 2.74. The molecule has 1 atom stereocenters. The summed E-state index contributed by atoms with van der Waals surface area (Å²) in [6.45, 7) is 0. The summed E-state index contributed by atoms with van der Waals surface area (Å²) in [5.41, 5.74) is 0.579. The van der Waals surface area contributed by atoms with E-state index in [4.69, 9.17) is 16.3 Å². The van der Waals surface area contributed by atoms with Crippen molar-refractivity contribution in [3.05, 3.63) is 64.2 Å². The number of benzene rings is 2. The Kier molecular flexibility index (Phi) is 4.84. The molecule has 0 aliphatic rings. The van der Waals surface area contributed by atoms with Gasteiger partial charge in [-0.15, -0.1) is 0 Å². The minimum absolute atomic E-state index is 0.386.